The molecule has 6 nitrogen and oxygen atoms in total. The predicted molar refractivity (Wildman–Crippen MR) is 113 cm³/mol. The Morgan fingerprint density at radius 3 is 2.80 bits per heavy atom. The second kappa shape index (κ2) is 6.84. The number of aromatic nitrogens is 1. The average Bonchev–Trinajstić information content (AvgIpc) is 3.29. The first-order chi connectivity index (χ1) is 14.3. The lowest BCUT2D eigenvalue weighted by molar-refractivity contribution is -0.0224. The fourth-order valence-electron chi connectivity index (χ4n) is 4.74. The van der Waals surface area contributed by atoms with Gasteiger partial charge in [0.1, 0.15) is 0 Å². The zero-order chi connectivity index (χ0) is 21.0. The van der Waals surface area contributed by atoms with Crippen molar-refractivity contribution >= 4 is 18.1 Å². The van der Waals surface area contributed by atoms with Gasteiger partial charge in [-0.05, 0) is 56.2 Å². The molecule has 156 valence electrons. The van der Waals surface area contributed by atoms with Gasteiger partial charge in [-0.15, -0.1) is 0 Å². The van der Waals surface area contributed by atoms with Crippen LogP contribution in [0.4, 0.5) is 0 Å². The Morgan fingerprint density at radius 1 is 1.27 bits per heavy atom. The largest absolute Gasteiger partial charge is 0.451 e. The first-order valence-electron chi connectivity index (χ1n) is 10.4. The monoisotopic (exact) mass is 406 g/mol. The highest BCUT2D eigenvalue weighted by atomic mass is 16.7. The number of carbonyl (C=O) groups is 1. The van der Waals surface area contributed by atoms with Crippen molar-refractivity contribution in [1.82, 2.24) is 9.88 Å². The highest BCUT2D eigenvalue weighted by Gasteiger charge is 2.48. The summed E-state index contributed by atoms with van der Waals surface area (Å²) in [5, 5.41) is 10.7. The Hall–Kier alpha value is -2.86. The van der Waals surface area contributed by atoms with Crippen LogP contribution in [-0.4, -0.2) is 39.3 Å². The highest BCUT2D eigenvalue weighted by molar-refractivity contribution is 6.02. The van der Waals surface area contributed by atoms with E-state index in [1.165, 1.54) is 0 Å². The SMILES string of the molecule is Cc1cnc2c(c1/C=C/c1cccc3c1C(=O)N([C@H](C1CC1)C(C)(C)O)C3)OCO2. The molecule has 0 unspecified atom stereocenters. The molecule has 1 N–H and O–H groups in total. The van der Waals surface area contributed by atoms with E-state index < -0.39 is 5.60 Å². The van der Waals surface area contributed by atoms with E-state index in [0.29, 0.717) is 24.1 Å². The van der Waals surface area contributed by atoms with Gasteiger partial charge in [0.05, 0.1) is 17.2 Å². The second-order valence-corrected chi connectivity index (χ2v) is 8.98. The lowest BCUT2D eigenvalue weighted by Gasteiger charge is -2.37. The van der Waals surface area contributed by atoms with E-state index in [0.717, 1.165) is 40.7 Å². The van der Waals surface area contributed by atoms with Crippen molar-refractivity contribution in [3.05, 3.63) is 52.2 Å². The fourth-order valence-corrected chi connectivity index (χ4v) is 4.74. The summed E-state index contributed by atoms with van der Waals surface area (Å²) < 4.78 is 11.0. The van der Waals surface area contributed by atoms with Crippen molar-refractivity contribution in [2.75, 3.05) is 6.79 Å². The van der Waals surface area contributed by atoms with Crippen LogP contribution in [0.1, 0.15) is 59.3 Å². The number of ether oxygens (including phenoxy) is 2. The molecule has 1 amide bonds. The predicted octanol–water partition coefficient (Wildman–Crippen LogP) is 3.79. The third-order valence-electron chi connectivity index (χ3n) is 6.19. The zero-order valence-corrected chi connectivity index (χ0v) is 17.5. The molecule has 30 heavy (non-hydrogen) atoms. The smallest absolute Gasteiger partial charge is 0.260 e. The average molecular weight is 406 g/mol. The van der Waals surface area contributed by atoms with Crippen LogP contribution in [-0.2, 0) is 6.54 Å². The van der Waals surface area contributed by atoms with Gasteiger partial charge in [-0.2, -0.15) is 0 Å². The number of fused-ring (bicyclic) bond motifs is 2. The minimum atomic E-state index is -0.930. The van der Waals surface area contributed by atoms with Gasteiger partial charge in [0.2, 0.25) is 6.79 Å². The second-order valence-electron chi connectivity index (χ2n) is 8.98. The summed E-state index contributed by atoms with van der Waals surface area (Å²) in [6, 6.07) is 5.78. The van der Waals surface area contributed by atoms with Gasteiger partial charge in [0.25, 0.3) is 11.8 Å². The van der Waals surface area contributed by atoms with Crippen molar-refractivity contribution in [2.45, 2.75) is 51.8 Å². The lowest BCUT2D eigenvalue weighted by Crippen LogP contribution is -2.51. The van der Waals surface area contributed by atoms with E-state index >= 15 is 0 Å². The van der Waals surface area contributed by atoms with E-state index in [1.807, 2.05) is 56.0 Å². The van der Waals surface area contributed by atoms with Gasteiger partial charge in [-0.1, -0.05) is 30.4 Å². The molecule has 1 aliphatic carbocycles. The molecular weight excluding hydrogens is 380 g/mol. The van der Waals surface area contributed by atoms with Gasteiger partial charge < -0.3 is 19.5 Å². The van der Waals surface area contributed by atoms with Crippen LogP contribution in [0.25, 0.3) is 12.2 Å². The van der Waals surface area contributed by atoms with Crippen LogP contribution in [0.5, 0.6) is 11.6 Å². The number of amides is 1. The summed E-state index contributed by atoms with van der Waals surface area (Å²) in [5.41, 5.74) is 3.56. The number of aryl methyl sites for hydroxylation is 1. The summed E-state index contributed by atoms with van der Waals surface area (Å²) >= 11 is 0. The molecule has 1 fully saturated rings. The summed E-state index contributed by atoms with van der Waals surface area (Å²) in [5.74, 6) is 1.52. The maximum atomic E-state index is 13.4. The molecule has 0 spiro atoms. The molecule has 3 heterocycles. The van der Waals surface area contributed by atoms with Crippen molar-refractivity contribution in [2.24, 2.45) is 5.92 Å². The van der Waals surface area contributed by atoms with Gasteiger partial charge >= 0.3 is 0 Å². The van der Waals surface area contributed by atoms with Crippen molar-refractivity contribution in [1.29, 1.82) is 0 Å². The van der Waals surface area contributed by atoms with Crippen LogP contribution in [0.3, 0.4) is 0 Å². The quantitative estimate of drug-likeness (QED) is 0.818. The number of hydrogen-bond donors (Lipinski definition) is 1. The topological polar surface area (TPSA) is 71.9 Å². The summed E-state index contributed by atoms with van der Waals surface area (Å²) in [6.07, 6.45) is 7.82. The molecule has 1 aromatic heterocycles. The van der Waals surface area contributed by atoms with Crippen LogP contribution in [0.15, 0.2) is 24.4 Å². The molecule has 1 saturated carbocycles. The third-order valence-corrected chi connectivity index (χ3v) is 6.19. The van der Waals surface area contributed by atoms with Gasteiger partial charge in [-0.3, -0.25) is 4.79 Å². The molecule has 5 rings (SSSR count). The minimum absolute atomic E-state index is 0.000498. The Balaban J connectivity index is 1.49. The summed E-state index contributed by atoms with van der Waals surface area (Å²) in [4.78, 5) is 19.6. The molecule has 6 heteroatoms. The molecule has 0 bridgehead atoms. The van der Waals surface area contributed by atoms with Gasteiger partial charge in [-0.25, -0.2) is 4.98 Å². The normalized spacial score (nSPS) is 18.9. The van der Waals surface area contributed by atoms with E-state index in [4.69, 9.17) is 9.47 Å². The number of hydrogen-bond acceptors (Lipinski definition) is 5. The lowest BCUT2D eigenvalue weighted by atomic mass is 9.93. The first kappa shape index (κ1) is 19.1. The van der Waals surface area contributed by atoms with Crippen LogP contribution >= 0.6 is 0 Å². The molecule has 1 atom stereocenters. The number of carbonyl (C=O) groups excluding carboxylic acids is 1. The molecule has 2 aliphatic heterocycles. The zero-order valence-electron chi connectivity index (χ0n) is 17.5. The Morgan fingerprint density at radius 2 is 2.07 bits per heavy atom. The van der Waals surface area contributed by atoms with Crippen LogP contribution in [0.2, 0.25) is 0 Å². The van der Waals surface area contributed by atoms with Crippen LogP contribution < -0.4 is 9.47 Å². The van der Waals surface area contributed by atoms with E-state index in [9.17, 15) is 9.90 Å². The number of nitrogens with zero attached hydrogens (tertiary/aromatic N) is 2. The third kappa shape index (κ3) is 3.16. The van der Waals surface area contributed by atoms with E-state index in [-0.39, 0.29) is 18.7 Å². The number of aliphatic hydroxyl groups is 1. The molecular formula is C24H26N2O4. The Bertz CT molecular complexity index is 1050. The van der Waals surface area contributed by atoms with Crippen molar-refractivity contribution in [3.63, 3.8) is 0 Å². The molecule has 2 aromatic rings. The highest BCUT2D eigenvalue weighted by Crippen LogP contribution is 2.43. The fraction of sp³-hybridized carbons (Fsp3) is 0.417. The maximum absolute atomic E-state index is 13.4. The number of benzene rings is 1. The standard InChI is InChI=1S/C24H26N2O4/c1-14-11-25-22-20(29-13-30-22)18(14)10-9-15-5-4-6-17-12-26(23(27)19(15)17)21(16-7-8-16)24(2,3)28/h4-6,9-11,16,21,28H,7-8,12-13H2,1-3H3/b10-9+/t21-/m1/s1. The van der Waals surface area contributed by atoms with Gasteiger partial charge in [0, 0.05) is 18.3 Å². The van der Waals surface area contributed by atoms with E-state index in [1.54, 1.807) is 6.20 Å². The van der Waals surface area contributed by atoms with E-state index in [2.05, 4.69) is 4.98 Å². The number of rotatable bonds is 5. The summed E-state index contributed by atoms with van der Waals surface area (Å²) in [7, 11) is 0. The number of pyridine rings is 1. The van der Waals surface area contributed by atoms with Crippen LogP contribution in [0, 0.1) is 12.8 Å². The molecule has 1 aromatic carbocycles. The Kier molecular flexibility index (Phi) is 4.36. The summed E-state index contributed by atoms with van der Waals surface area (Å²) in [6.45, 7) is 6.30. The molecule has 0 saturated heterocycles. The first-order valence-corrected chi connectivity index (χ1v) is 10.4. The van der Waals surface area contributed by atoms with Crippen molar-refractivity contribution < 1.29 is 19.4 Å². The Labute approximate surface area is 176 Å². The van der Waals surface area contributed by atoms with Crippen molar-refractivity contribution in [3.8, 4) is 11.6 Å². The van der Waals surface area contributed by atoms with Gasteiger partial charge in [0.15, 0.2) is 5.75 Å². The minimum Gasteiger partial charge on any atom is -0.451 e. The molecule has 0 radical (unpaired) electrons. The maximum Gasteiger partial charge on any atom is 0.260 e. The molecule has 3 aliphatic rings.